The van der Waals surface area contributed by atoms with E-state index < -0.39 is 0 Å². The van der Waals surface area contributed by atoms with Crippen molar-refractivity contribution in [2.45, 2.75) is 57.5 Å². The molecule has 3 aliphatic rings. The second kappa shape index (κ2) is 5.27. The molecule has 0 bridgehead atoms. The first-order valence-corrected chi connectivity index (χ1v) is 7.71. The molecule has 0 aromatic heterocycles. The predicted molar refractivity (Wildman–Crippen MR) is 69.9 cm³/mol. The SMILES string of the molecule is OC(CN(CC1CC1)CC1CC1)C1CCCC1. The molecule has 0 spiro atoms. The lowest BCUT2D eigenvalue weighted by Gasteiger charge is -2.27. The van der Waals surface area contributed by atoms with E-state index in [1.165, 1.54) is 64.5 Å². The lowest BCUT2D eigenvalue weighted by atomic mass is 10.0. The molecule has 0 radical (unpaired) electrons. The fourth-order valence-corrected chi connectivity index (χ4v) is 3.31. The van der Waals surface area contributed by atoms with Crippen LogP contribution in [0.1, 0.15) is 51.4 Å². The van der Waals surface area contributed by atoms with Crippen LogP contribution in [0.4, 0.5) is 0 Å². The van der Waals surface area contributed by atoms with Gasteiger partial charge in [-0.05, 0) is 56.3 Å². The first-order chi connectivity index (χ1) is 8.31. The molecular weight excluding hydrogens is 210 g/mol. The van der Waals surface area contributed by atoms with E-state index in [0.717, 1.165) is 18.4 Å². The monoisotopic (exact) mass is 237 g/mol. The van der Waals surface area contributed by atoms with E-state index in [4.69, 9.17) is 0 Å². The molecule has 0 aromatic carbocycles. The number of hydrogen-bond donors (Lipinski definition) is 1. The van der Waals surface area contributed by atoms with Crippen LogP contribution in [0.15, 0.2) is 0 Å². The van der Waals surface area contributed by atoms with Crippen molar-refractivity contribution in [2.24, 2.45) is 17.8 Å². The van der Waals surface area contributed by atoms with Crippen molar-refractivity contribution in [3.05, 3.63) is 0 Å². The van der Waals surface area contributed by atoms with Gasteiger partial charge in [-0.15, -0.1) is 0 Å². The Hall–Kier alpha value is -0.0800. The molecule has 2 heteroatoms. The number of aliphatic hydroxyl groups excluding tert-OH is 1. The maximum atomic E-state index is 10.3. The zero-order valence-corrected chi connectivity index (χ0v) is 11.0. The van der Waals surface area contributed by atoms with E-state index in [1.807, 2.05) is 0 Å². The van der Waals surface area contributed by atoms with Crippen molar-refractivity contribution in [3.8, 4) is 0 Å². The summed E-state index contributed by atoms with van der Waals surface area (Å²) in [6.45, 7) is 3.48. The van der Waals surface area contributed by atoms with Crippen molar-refractivity contribution in [1.82, 2.24) is 4.90 Å². The van der Waals surface area contributed by atoms with Gasteiger partial charge in [-0.1, -0.05) is 12.8 Å². The topological polar surface area (TPSA) is 23.5 Å². The Morgan fingerprint density at radius 3 is 1.88 bits per heavy atom. The molecular formula is C15H27NO. The molecule has 3 rings (SSSR count). The van der Waals surface area contributed by atoms with Crippen LogP contribution in [0.3, 0.4) is 0 Å². The summed E-state index contributed by atoms with van der Waals surface area (Å²) in [6.07, 6.45) is 10.9. The van der Waals surface area contributed by atoms with E-state index in [2.05, 4.69) is 4.90 Å². The van der Waals surface area contributed by atoms with Crippen molar-refractivity contribution in [3.63, 3.8) is 0 Å². The van der Waals surface area contributed by atoms with Crippen LogP contribution >= 0.6 is 0 Å². The molecule has 0 aromatic rings. The molecule has 0 heterocycles. The standard InChI is InChI=1S/C15H27NO/c17-15(14-3-1-2-4-14)11-16(9-12-5-6-12)10-13-7-8-13/h12-15,17H,1-11H2. The highest BCUT2D eigenvalue weighted by Crippen LogP contribution is 2.34. The molecule has 17 heavy (non-hydrogen) atoms. The second-order valence-electron chi connectivity index (χ2n) is 6.72. The molecule has 1 atom stereocenters. The van der Waals surface area contributed by atoms with Gasteiger partial charge in [-0.25, -0.2) is 0 Å². The number of rotatable bonds is 7. The van der Waals surface area contributed by atoms with E-state index in [0.29, 0.717) is 5.92 Å². The van der Waals surface area contributed by atoms with E-state index >= 15 is 0 Å². The summed E-state index contributed by atoms with van der Waals surface area (Å²) in [5.41, 5.74) is 0. The highest BCUT2D eigenvalue weighted by molar-refractivity contribution is 4.85. The zero-order chi connectivity index (χ0) is 11.7. The number of aliphatic hydroxyl groups is 1. The highest BCUT2D eigenvalue weighted by atomic mass is 16.3. The van der Waals surface area contributed by atoms with Gasteiger partial charge in [-0.2, -0.15) is 0 Å². The molecule has 98 valence electrons. The summed E-state index contributed by atoms with van der Waals surface area (Å²) in [6, 6.07) is 0. The summed E-state index contributed by atoms with van der Waals surface area (Å²) >= 11 is 0. The zero-order valence-electron chi connectivity index (χ0n) is 11.0. The lowest BCUT2D eigenvalue weighted by Crippen LogP contribution is -2.38. The average molecular weight is 237 g/mol. The van der Waals surface area contributed by atoms with Crippen LogP contribution in [0.5, 0.6) is 0 Å². The fraction of sp³-hybridized carbons (Fsp3) is 1.00. The van der Waals surface area contributed by atoms with Gasteiger partial charge >= 0.3 is 0 Å². The van der Waals surface area contributed by atoms with E-state index in [1.54, 1.807) is 0 Å². The molecule has 0 aliphatic heterocycles. The minimum absolute atomic E-state index is 0.0463. The Labute approximate surface area is 105 Å². The maximum Gasteiger partial charge on any atom is 0.0695 e. The Balaban J connectivity index is 1.46. The Morgan fingerprint density at radius 2 is 1.41 bits per heavy atom. The third kappa shape index (κ3) is 3.69. The van der Waals surface area contributed by atoms with Crippen molar-refractivity contribution in [2.75, 3.05) is 19.6 Å². The Morgan fingerprint density at radius 1 is 0.882 bits per heavy atom. The van der Waals surface area contributed by atoms with Crippen LogP contribution < -0.4 is 0 Å². The van der Waals surface area contributed by atoms with Gasteiger partial charge in [-0.3, -0.25) is 0 Å². The first-order valence-electron chi connectivity index (χ1n) is 7.71. The van der Waals surface area contributed by atoms with Gasteiger partial charge in [0.1, 0.15) is 0 Å². The molecule has 2 nitrogen and oxygen atoms in total. The number of hydrogen-bond acceptors (Lipinski definition) is 2. The third-order valence-corrected chi connectivity index (χ3v) is 4.82. The van der Waals surface area contributed by atoms with Crippen molar-refractivity contribution < 1.29 is 5.11 Å². The van der Waals surface area contributed by atoms with Gasteiger partial charge in [0.05, 0.1) is 6.10 Å². The fourth-order valence-electron chi connectivity index (χ4n) is 3.31. The molecule has 0 amide bonds. The normalized spacial score (nSPS) is 27.9. The van der Waals surface area contributed by atoms with Crippen LogP contribution in [-0.2, 0) is 0 Å². The molecule has 3 aliphatic carbocycles. The largest absolute Gasteiger partial charge is 0.392 e. The minimum Gasteiger partial charge on any atom is -0.392 e. The van der Waals surface area contributed by atoms with Crippen LogP contribution in [0.25, 0.3) is 0 Å². The smallest absolute Gasteiger partial charge is 0.0695 e. The van der Waals surface area contributed by atoms with Gasteiger partial charge in [0, 0.05) is 19.6 Å². The van der Waals surface area contributed by atoms with Crippen LogP contribution in [-0.4, -0.2) is 35.7 Å². The second-order valence-corrected chi connectivity index (χ2v) is 6.72. The summed E-state index contributed by atoms with van der Waals surface area (Å²) in [5.74, 6) is 2.53. The molecule has 0 saturated heterocycles. The third-order valence-electron chi connectivity index (χ3n) is 4.82. The predicted octanol–water partition coefficient (Wildman–Crippen LogP) is 2.66. The Bertz CT molecular complexity index is 227. The van der Waals surface area contributed by atoms with Crippen LogP contribution in [0.2, 0.25) is 0 Å². The molecule has 1 unspecified atom stereocenters. The van der Waals surface area contributed by atoms with Crippen molar-refractivity contribution in [1.29, 1.82) is 0 Å². The minimum atomic E-state index is -0.0463. The van der Waals surface area contributed by atoms with Gasteiger partial charge in [0.15, 0.2) is 0 Å². The molecule has 3 fully saturated rings. The summed E-state index contributed by atoms with van der Waals surface area (Å²) in [5, 5.41) is 10.3. The van der Waals surface area contributed by atoms with Gasteiger partial charge < -0.3 is 10.0 Å². The first kappa shape index (κ1) is 12.0. The maximum absolute atomic E-state index is 10.3. The Kier molecular flexibility index (Phi) is 3.72. The molecule has 1 N–H and O–H groups in total. The average Bonchev–Trinajstić information content (AvgIpc) is 3.22. The highest BCUT2D eigenvalue weighted by Gasteiger charge is 2.31. The molecule has 3 saturated carbocycles. The van der Waals surface area contributed by atoms with E-state index in [9.17, 15) is 5.11 Å². The van der Waals surface area contributed by atoms with E-state index in [-0.39, 0.29) is 6.10 Å². The summed E-state index contributed by atoms with van der Waals surface area (Å²) < 4.78 is 0. The quantitative estimate of drug-likeness (QED) is 0.736. The summed E-state index contributed by atoms with van der Waals surface area (Å²) in [4.78, 5) is 2.58. The van der Waals surface area contributed by atoms with Gasteiger partial charge in [0.2, 0.25) is 0 Å². The van der Waals surface area contributed by atoms with Crippen molar-refractivity contribution >= 4 is 0 Å². The summed E-state index contributed by atoms with van der Waals surface area (Å²) in [7, 11) is 0. The van der Waals surface area contributed by atoms with Gasteiger partial charge in [0.25, 0.3) is 0 Å². The number of nitrogens with zero attached hydrogens (tertiary/aromatic N) is 1. The lowest BCUT2D eigenvalue weighted by molar-refractivity contribution is 0.0621. The van der Waals surface area contributed by atoms with Crippen LogP contribution in [0, 0.1) is 17.8 Å².